The molecular formula is C21H24ClFN2O5S. The van der Waals surface area contributed by atoms with Gasteiger partial charge in [-0.05, 0) is 30.5 Å². The first kappa shape index (κ1) is 23.3. The van der Waals surface area contributed by atoms with Crippen molar-refractivity contribution in [1.29, 1.82) is 0 Å². The van der Waals surface area contributed by atoms with Gasteiger partial charge in [-0.1, -0.05) is 23.7 Å². The number of hydrogen-bond acceptors (Lipinski definition) is 5. The van der Waals surface area contributed by atoms with E-state index in [1.54, 1.807) is 12.1 Å². The molecule has 1 aliphatic rings. The number of carbonyl (C=O) groups is 1. The second kappa shape index (κ2) is 9.84. The van der Waals surface area contributed by atoms with Crippen LogP contribution in [0.3, 0.4) is 0 Å². The smallest absolute Gasteiger partial charge is 0.227 e. The molecule has 0 aromatic heterocycles. The molecule has 31 heavy (non-hydrogen) atoms. The van der Waals surface area contributed by atoms with Gasteiger partial charge in [-0.15, -0.1) is 0 Å². The zero-order valence-corrected chi connectivity index (χ0v) is 18.8. The monoisotopic (exact) mass is 470 g/mol. The molecule has 0 radical (unpaired) electrons. The van der Waals surface area contributed by atoms with E-state index in [1.807, 2.05) is 0 Å². The van der Waals surface area contributed by atoms with Crippen LogP contribution >= 0.6 is 11.6 Å². The Balaban J connectivity index is 1.61. The second-order valence-electron chi connectivity index (χ2n) is 7.23. The van der Waals surface area contributed by atoms with Gasteiger partial charge in [0.25, 0.3) is 0 Å². The highest BCUT2D eigenvalue weighted by atomic mass is 35.5. The predicted molar refractivity (Wildman–Crippen MR) is 117 cm³/mol. The fraction of sp³-hybridized carbons (Fsp3) is 0.381. The largest absolute Gasteiger partial charge is 0.495 e. The van der Waals surface area contributed by atoms with E-state index in [4.69, 9.17) is 21.1 Å². The maximum atomic E-state index is 13.0. The number of halogens is 2. The van der Waals surface area contributed by atoms with Gasteiger partial charge in [0, 0.05) is 31.1 Å². The van der Waals surface area contributed by atoms with Crippen LogP contribution in [0, 0.1) is 11.7 Å². The molecule has 2 aromatic rings. The van der Waals surface area contributed by atoms with E-state index in [2.05, 4.69) is 5.32 Å². The molecule has 0 spiro atoms. The Kier molecular flexibility index (Phi) is 7.40. The molecule has 0 saturated carbocycles. The summed E-state index contributed by atoms with van der Waals surface area (Å²) in [5, 5.41) is 3.18. The van der Waals surface area contributed by atoms with Crippen molar-refractivity contribution in [3.8, 4) is 11.5 Å². The van der Waals surface area contributed by atoms with Crippen LogP contribution in [-0.2, 0) is 20.6 Å². The van der Waals surface area contributed by atoms with Gasteiger partial charge in [-0.25, -0.2) is 17.1 Å². The van der Waals surface area contributed by atoms with Crippen LogP contribution < -0.4 is 14.8 Å². The summed E-state index contributed by atoms with van der Waals surface area (Å²) >= 11 is 6.09. The van der Waals surface area contributed by atoms with Crippen LogP contribution in [0.15, 0.2) is 36.4 Å². The highest BCUT2D eigenvalue weighted by Gasteiger charge is 2.31. The molecule has 7 nitrogen and oxygen atoms in total. The molecule has 1 aliphatic heterocycles. The molecular weight excluding hydrogens is 447 g/mol. The average Bonchev–Trinajstić information content (AvgIpc) is 2.76. The molecule has 1 N–H and O–H groups in total. The van der Waals surface area contributed by atoms with E-state index >= 15 is 0 Å². The number of anilines is 1. The fourth-order valence-electron chi connectivity index (χ4n) is 3.47. The third-order valence-corrected chi connectivity index (χ3v) is 7.36. The van der Waals surface area contributed by atoms with Crippen LogP contribution in [0.1, 0.15) is 18.4 Å². The van der Waals surface area contributed by atoms with Crippen molar-refractivity contribution in [3.05, 3.63) is 52.8 Å². The quantitative estimate of drug-likeness (QED) is 0.667. The molecule has 0 bridgehead atoms. The molecule has 1 fully saturated rings. The molecule has 168 valence electrons. The van der Waals surface area contributed by atoms with Crippen molar-refractivity contribution in [2.75, 3.05) is 32.6 Å². The first-order valence-corrected chi connectivity index (χ1v) is 11.7. The number of sulfonamides is 1. The van der Waals surface area contributed by atoms with Crippen molar-refractivity contribution in [3.63, 3.8) is 0 Å². The number of carbonyl (C=O) groups excluding carboxylic acids is 1. The summed E-state index contributed by atoms with van der Waals surface area (Å²) in [5.74, 6) is -0.380. The van der Waals surface area contributed by atoms with Crippen molar-refractivity contribution >= 4 is 33.2 Å². The highest BCUT2D eigenvalue weighted by Crippen LogP contribution is 2.36. The van der Waals surface area contributed by atoms with Crippen molar-refractivity contribution in [2.45, 2.75) is 18.6 Å². The standard InChI is InChI=1S/C21H24ClFN2O5S/c1-29-19-12-18(20(30-2)11-17(19)22)24-21(26)15-7-9-25(10-8-15)31(27,28)13-14-3-5-16(23)6-4-14/h3-6,11-12,15H,7-10,13H2,1-2H3,(H,24,26). The molecule has 0 atom stereocenters. The van der Waals surface area contributed by atoms with E-state index in [-0.39, 0.29) is 30.7 Å². The number of piperidine rings is 1. The van der Waals surface area contributed by atoms with Gasteiger partial charge in [-0.3, -0.25) is 4.79 Å². The Bertz CT molecular complexity index is 1040. The molecule has 10 heteroatoms. The maximum absolute atomic E-state index is 13.0. The SMILES string of the molecule is COc1cc(NC(=O)C2CCN(S(=O)(=O)Cc3ccc(F)cc3)CC2)c(OC)cc1Cl. The van der Waals surface area contributed by atoms with Gasteiger partial charge in [0.05, 0.1) is 30.7 Å². The third kappa shape index (κ3) is 5.66. The number of rotatable bonds is 7. The minimum Gasteiger partial charge on any atom is -0.495 e. The first-order chi connectivity index (χ1) is 14.7. The predicted octanol–water partition coefficient (Wildman–Crippen LogP) is 3.68. The molecule has 0 aliphatic carbocycles. The Morgan fingerprint density at radius 2 is 1.74 bits per heavy atom. The number of amides is 1. The van der Waals surface area contributed by atoms with Gasteiger partial charge in [0.15, 0.2) is 0 Å². The number of hydrogen-bond donors (Lipinski definition) is 1. The first-order valence-electron chi connectivity index (χ1n) is 9.68. The number of nitrogens with zero attached hydrogens (tertiary/aromatic N) is 1. The van der Waals surface area contributed by atoms with Gasteiger partial charge in [0.1, 0.15) is 17.3 Å². The topological polar surface area (TPSA) is 84.9 Å². The zero-order valence-electron chi connectivity index (χ0n) is 17.2. The minimum atomic E-state index is -3.55. The molecule has 0 unspecified atom stereocenters. The Hall–Kier alpha value is -2.36. The molecule has 3 rings (SSSR count). The number of nitrogens with one attached hydrogen (secondary N) is 1. The Morgan fingerprint density at radius 1 is 1.13 bits per heavy atom. The van der Waals surface area contributed by atoms with E-state index < -0.39 is 15.8 Å². The van der Waals surface area contributed by atoms with Crippen molar-refractivity contribution < 1.29 is 27.1 Å². The lowest BCUT2D eigenvalue weighted by atomic mass is 9.97. The lowest BCUT2D eigenvalue weighted by Gasteiger charge is -2.30. The number of ether oxygens (including phenoxy) is 2. The van der Waals surface area contributed by atoms with Crippen LogP contribution in [0.4, 0.5) is 10.1 Å². The van der Waals surface area contributed by atoms with E-state index in [0.29, 0.717) is 40.6 Å². The highest BCUT2D eigenvalue weighted by molar-refractivity contribution is 7.88. The van der Waals surface area contributed by atoms with Crippen LogP contribution in [0.25, 0.3) is 0 Å². The van der Waals surface area contributed by atoms with Crippen molar-refractivity contribution in [2.24, 2.45) is 5.92 Å². The summed E-state index contributed by atoms with van der Waals surface area (Å²) in [6.07, 6.45) is 0.781. The van der Waals surface area contributed by atoms with Crippen LogP contribution in [-0.4, -0.2) is 45.9 Å². The third-order valence-electron chi connectivity index (χ3n) is 5.21. The summed E-state index contributed by atoms with van der Waals surface area (Å²) < 4.78 is 50.2. The van der Waals surface area contributed by atoms with Crippen molar-refractivity contribution in [1.82, 2.24) is 4.31 Å². The number of methoxy groups -OCH3 is 2. The molecule has 1 saturated heterocycles. The Morgan fingerprint density at radius 3 is 2.32 bits per heavy atom. The van der Waals surface area contributed by atoms with Gasteiger partial charge >= 0.3 is 0 Å². The summed E-state index contributed by atoms with van der Waals surface area (Å²) in [6.45, 7) is 0.478. The van der Waals surface area contributed by atoms with Crippen LogP contribution in [0.5, 0.6) is 11.5 Å². The summed E-state index contributed by atoms with van der Waals surface area (Å²) in [4.78, 5) is 12.8. The number of benzene rings is 2. The van der Waals surface area contributed by atoms with E-state index in [9.17, 15) is 17.6 Å². The normalized spacial score (nSPS) is 15.5. The van der Waals surface area contributed by atoms with E-state index in [1.165, 1.54) is 42.8 Å². The minimum absolute atomic E-state index is 0.202. The lowest BCUT2D eigenvalue weighted by molar-refractivity contribution is -0.120. The second-order valence-corrected chi connectivity index (χ2v) is 9.61. The van der Waals surface area contributed by atoms with Gasteiger partial charge < -0.3 is 14.8 Å². The molecule has 2 aromatic carbocycles. The Labute approximate surface area is 186 Å². The zero-order chi connectivity index (χ0) is 22.6. The van der Waals surface area contributed by atoms with Crippen LogP contribution in [0.2, 0.25) is 5.02 Å². The van der Waals surface area contributed by atoms with Gasteiger partial charge in [-0.2, -0.15) is 0 Å². The average molecular weight is 471 g/mol. The lowest BCUT2D eigenvalue weighted by Crippen LogP contribution is -2.41. The summed E-state index contributed by atoms with van der Waals surface area (Å²) in [6, 6.07) is 8.53. The van der Waals surface area contributed by atoms with E-state index in [0.717, 1.165) is 0 Å². The summed E-state index contributed by atoms with van der Waals surface area (Å²) in [5.41, 5.74) is 0.949. The summed E-state index contributed by atoms with van der Waals surface area (Å²) in [7, 11) is -0.610. The van der Waals surface area contributed by atoms with Gasteiger partial charge in [0.2, 0.25) is 15.9 Å². The molecule has 1 amide bonds. The molecule has 1 heterocycles. The fourth-order valence-corrected chi connectivity index (χ4v) is 5.27. The maximum Gasteiger partial charge on any atom is 0.227 e.